The minimum absolute atomic E-state index is 0.152. The molecule has 0 saturated heterocycles. The molecule has 0 amide bonds. The molecular formula is C60H76N2O6S2. The number of thiophene rings is 2. The summed E-state index contributed by atoms with van der Waals surface area (Å²) in [6, 6.07) is 31.5. The molecule has 0 unspecified atom stereocenters. The number of hydrogen-bond acceptors (Lipinski definition) is 9. The molecule has 374 valence electrons. The Bertz CT molecular complexity index is 2410. The maximum absolute atomic E-state index is 12.4. The molecule has 0 bridgehead atoms. The highest BCUT2D eigenvalue weighted by atomic mass is 32.1. The number of aliphatic carboxylic acids is 1. The van der Waals surface area contributed by atoms with Gasteiger partial charge in [0.2, 0.25) is 0 Å². The van der Waals surface area contributed by atoms with E-state index >= 15 is 0 Å². The van der Waals surface area contributed by atoms with E-state index in [2.05, 4.69) is 105 Å². The van der Waals surface area contributed by atoms with E-state index in [0.717, 1.165) is 107 Å². The van der Waals surface area contributed by atoms with Crippen LogP contribution in [0.2, 0.25) is 0 Å². The molecule has 0 spiro atoms. The van der Waals surface area contributed by atoms with E-state index in [0.29, 0.717) is 48.6 Å². The van der Waals surface area contributed by atoms with Crippen LogP contribution in [0, 0.1) is 22.2 Å². The third kappa shape index (κ3) is 13.2. The number of anilines is 3. The number of hydrogen-bond donors (Lipinski definition) is 1. The Morgan fingerprint density at radius 3 is 1.34 bits per heavy atom. The zero-order valence-corrected chi connectivity index (χ0v) is 44.0. The highest BCUT2D eigenvalue weighted by Crippen LogP contribution is 2.61. The summed E-state index contributed by atoms with van der Waals surface area (Å²) < 4.78 is 28.5. The van der Waals surface area contributed by atoms with Crippen molar-refractivity contribution in [2.75, 3.05) is 31.3 Å². The van der Waals surface area contributed by atoms with E-state index < -0.39 is 5.97 Å². The lowest BCUT2D eigenvalue weighted by Crippen LogP contribution is -2.34. The number of carboxylic acid groups (broad SMARTS) is 1. The Balaban J connectivity index is 1.35. The van der Waals surface area contributed by atoms with Crippen molar-refractivity contribution < 1.29 is 28.8 Å². The van der Waals surface area contributed by atoms with Crippen LogP contribution in [-0.4, -0.2) is 37.5 Å². The van der Waals surface area contributed by atoms with E-state index in [1.54, 1.807) is 11.3 Å². The number of rotatable bonds is 27. The summed E-state index contributed by atoms with van der Waals surface area (Å²) in [5.74, 6) is 1.25. The largest absolute Gasteiger partial charge is 0.487 e. The summed E-state index contributed by atoms with van der Waals surface area (Å²) in [7, 11) is 0. The number of para-hydroxylation sites is 2. The summed E-state index contributed by atoms with van der Waals surface area (Å²) in [6.07, 6.45) is 24.2. The summed E-state index contributed by atoms with van der Waals surface area (Å²) in [5, 5.41) is 20.2. The van der Waals surface area contributed by atoms with Crippen molar-refractivity contribution in [3.05, 3.63) is 95.4 Å². The fraction of sp³-hybridized carbons (Fsp3) is 0.500. The lowest BCUT2D eigenvalue weighted by atomic mass is 9.79. The number of carbonyl (C=O) groups is 1. The number of nitrogens with zero attached hydrogens (tertiary/aromatic N) is 2. The molecule has 0 aliphatic carbocycles. The molecule has 3 aromatic carbocycles. The first-order valence-corrected chi connectivity index (χ1v) is 28.1. The van der Waals surface area contributed by atoms with Crippen LogP contribution in [0.15, 0.2) is 90.5 Å². The van der Waals surface area contributed by atoms with Crippen LogP contribution in [0.1, 0.15) is 161 Å². The Morgan fingerprint density at radius 1 is 0.543 bits per heavy atom. The van der Waals surface area contributed by atoms with Gasteiger partial charge in [0.15, 0.2) is 23.0 Å². The van der Waals surface area contributed by atoms with Gasteiger partial charge in [0.05, 0.1) is 45.9 Å². The van der Waals surface area contributed by atoms with Crippen molar-refractivity contribution in [1.82, 2.24) is 0 Å². The van der Waals surface area contributed by atoms with Gasteiger partial charge in [-0.1, -0.05) is 179 Å². The molecule has 5 aromatic rings. The van der Waals surface area contributed by atoms with E-state index in [4.69, 9.17) is 18.9 Å². The summed E-state index contributed by atoms with van der Waals surface area (Å²) in [4.78, 5) is 17.9. The van der Waals surface area contributed by atoms with E-state index in [1.807, 2.05) is 18.2 Å². The number of fused-ring (bicyclic) bond motifs is 2. The lowest BCUT2D eigenvalue weighted by molar-refractivity contribution is -0.132. The molecule has 2 aromatic heterocycles. The fourth-order valence-corrected chi connectivity index (χ4v) is 12.5. The van der Waals surface area contributed by atoms with Crippen LogP contribution in [0.4, 0.5) is 17.1 Å². The minimum Gasteiger partial charge on any atom is -0.487 e. The maximum Gasteiger partial charge on any atom is 0.346 e. The quantitative estimate of drug-likeness (QED) is 0.0315. The van der Waals surface area contributed by atoms with Crippen molar-refractivity contribution in [2.45, 2.75) is 156 Å². The Labute approximate surface area is 426 Å². The second-order valence-corrected chi connectivity index (χ2v) is 21.9. The molecule has 1 N–H and O–H groups in total. The number of nitriles is 1. The molecule has 0 saturated carbocycles. The smallest absolute Gasteiger partial charge is 0.346 e. The fourth-order valence-electron chi connectivity index (χ4n) is 10.1. The topological polar surface area (TPSA) is 101 Å². The average Bonchev–Trinajstić information content (AvgIpc) is 3.78. The first kappa shape index (κ1) is 52.6. The molecule has 7 rings (SSSR count). The average molecular weight is 985 g/mol. The van der Waals surface area contributed by atoms with E-state index in [1.165, 1.54) is 81.6 Å². The molecule has 4 heterocycles. The van der Waals surface area contributed by atoms with Crippen molar-refractivity contribution in [3.63, 3.8) is 0 Å². The molecule has 0 radical (unpaired) electrons. The predicted molar refractivity (Wildman–Crippen MR) is 291 cm³/mol. The molecule has 10 heteroatoms. The third-order valence-electron chi connectivity index (χ3n) is 14.3. The summed E-state index contributed by atoms with van der Waals surface area (Å²) >= 11 is 3.02. The van der Waals surface area contributed by atoms with Crippen LogP contribution in [-0.2, 0) is 4.79 Å². The first-order valence-electron chi connectivity index (χ1n) is 26.5. The molecule has 0 fully saturated rings. The highest BCUT2D eigenvalue weighted by molar-refractivity contribution is 7.25. The van der Waals surface area contributed by atoms with Crippen LogP contribution < -0.4 is 23.8 Å². The molecule has 2 aliphatic rings. The van der Waals surface area contributed by atoms with Crippen LogP contribution in [0.25, 0.3) is 26.3 Å². The van der Waals surface area contributed by atoms with Gasteiger partial charge in [-0.15, -0.1) is 22.7 Å². The van der Waals surface area contributed by atoms with Gasteiger partial charge in [-0.05, 0) is 73.7 Å². The monoisotopic (exact) mass is 985 g/mol. The van der Waals surface area contributed by atoms with Crippen molar-refractivity contribution in [1.29, 1.82) is 5.26 Å². The lowest BCUT2D eigenvalue weighted by Gasteiger charge is -2.31. The van der Waals surface area contributed by atoms with E-state index in [-0.39, 0.29) is 16.4 Å². The molecule has 0 atom stereocenters. The van der Waals surface area contributed by atoms with Gasteiger partial charge >= 0.3 is 5.97 Å². The SMILES string of the molecule is CCCCCCC1(CCCCCC)COc2c(/C=C(/C#N)C(=O)O)sc(-c3sc(-c4ccc(N(c5ccccc5)c5ccccc5)cc4)c4c3OCC(CCCCCC)(CCCCCC)CO4)c2OC1. The Morgan fingerprint density at radius 2 is 0.929 bits per heavy atom. The third-order valence-corrected chi connectivity index (χ3v) is 16.7. The Kier molecular flexibility index (Phi) is 19.7. The van der Waals surface area contributed by atoms with Gasteiger partial charge in [-0.3, -0.25) is 0 Å². The normalized spacial score (nSPS) is 14.9. The van der Waals surface area contributed by atoms with E-state index in [9.17, 15) is 15.2 Å². The number of carboxylic acids is 1. The van der Waals surface area contributed by atoms with Gasteiger partial charge in [-0.2, -0.15) is 5.26 Å². The van der Waals surface area contributed by atoms with Gasteiger partial charge in [0.25, 0.3) is 0 Å². The van der Waals surface area contributed by atoms with Gasteiger partial charge < -0.3 is 29.0 Å². The number of benzene rings is 3. The van der Waals surface area contributed by atoms with Crippen molar-refractivity contribution in [2.24, 2.45) is 10.8 Å². The maximum atomic E-state index is 12.4. The highest BCUT2D eigenvalue weighted by Gasteiger charge is 2.41. The second-order valence-electron chi connectivity index (χ2n) is 19.8. The number of unbranched alkanes of at least 4 members (excludes halogenated alkanes) is 12. The van der Waals surface area contributed by atoms with Gasteiger partial charge in [0, 0.05) is 27.9 Å². The van der Waals surface area contributed by atoms with Gasteiger partial charge in [0.1, 0.15) is 11.6 Å². The van der Waals surface area contributed by atoms with Crippen molar-refractivity contribution in [3.8, 4) is 49.3 Å². The number of ether oxygens (including phenoxy) is 4. The zero-order valence-electron chi connectivity index (χ0n) is 42.3. The standard InChI is InChI=1S/C60H76N2O6S2/c1-5-9-13-23-35-59(36-24-14-10-6-2)41-65-51-50(39-46(40-61)58(63)64)69-56(52(51)66-42-59)57-54-53(67-43-60(44-68-54,37-25-15-11-7-3)38-26-16-12-8-4)55(70-57)45-31-33-49(34-32-45)62(47-27-19-17-20-28-47)48-29-21-18-22-30-48/h17-22,27-34,39H,5-16,23-26,35-38,41-44H2,1-4H3,(H,63,64)/b46-39-. The second kappa shape index (κ2) is 26.3. The molecule has 2 aliphatic heterocycles. The summed E-state index contributed by atoms with van der Waals surface area (Å²) in [6.45, 7) is 11.1. The van der Waals surface area contributed by atoms with Crippen LogP contribution in [0.3, 0.4) is 0 Å². The minimum atomic E-state index is -1.28. The van der Waals surface area contributed by atoms with Crippen LogP contribution >= 0.6 is 22.7 Å². The molecular weight excluding hydrogens is 909 g/mol. The summed E-state index contributed by atoms with van der Waals surface area (Å²) in [5.41, 5.74) is 3.47. The molecule has 8 nitrogen and oxygen atoms in total. The van der Waals surface area contributed by atoms with Crippen LogP contribution in [0.5, 0.6) is 23.0 Å². The van der Waals surface area contributed by atoms with Gasteiger partial charge in [-0.25, -0.2) is 4.79 Å². The van der Waals surface area contributed by atoms with Crippen molar-refractivity contribution >= 4 is 51.8 Å². The first-order chi connectivity index (χ1) is 34.3. The Hall–Kier alpha value is -5.24. The zero-order chi connectivity index (χ0) is 49.2. The predicted octanol–water partition coefficient (Wildman–Crippen LogP) is 18.0. The molecule has 70 heavy (non-hydrogen) atoms.